The number of fused-ring (bicyclic) bond motifs is 1. The fourth-order valence-corrected chi connectivity index (χ4v) is 3.75. The molecule has 20 heavy (non-hydrogen) atoms. The van der Waals surface area contributed by atoms with Crippen LogP contribution in [0, 0.1) is 11.3 Å². The van der Waals surface area contributed by atoms with E-state index in [1.165, 1.54) is 28.3 Å². The monoisotopic (exact) mass is 306 g/mol. The van der Waals surface area contributed by atoms with Crippen LogP contribution in [0.2, 0.25) is 5.22 Å². The normalized spacial score (nSPS) is 13.6. The van der Waals surface area contributed by atoms with Crippen LogP contribution in [0.5, 0.6) is 0 Å². The zero-order valence-electron chi connectivity index (χ0n) is 10.5. The van der Waals surface area contributed by atoms with Gasteiger partial charge in [-0.05, 0) is 55.0 Å². The van der Waals surface area contributed by atoms with Crippen LogP contribution in [-0.2, 0) is 12.8 Å². The minimum absolute atomic E-state index is 0.144. The van der Waals surface area contributed by atoms with Crippen LogP contribution < -0.4 is 5.32 Å². The number of carbonyl (C=O) groups is 1. The van der Waals surface area contributed by atoms with E-state index in [0.717, 1.165) is 31.2 Å². The fourth-order valence-electron chi connectivity index (χ4n) is 2.37. The molecule has 0 aliphatic heterocycles. The van der Waals surface area contributed by atoms with Gasteiger partial charge < -0.3 is 9.73 Å². The molecule has 6 heteroatoms. The molecule has 2 aromatic rings. The van der Waals surface area contributed by atoms with E-state index in [4.69, 9.17) is 16.0 Å². The second kappa shape index (κ2) is 5.31. The summed E-state index contributed by atoms with van der Waals surface area (Å²) < 4.78 is 5.07. The highest BCUT2D eigenvalue weighted by atomic mass is 35.5. The summed E-state index contributed by atoms with van der Waals surface area (Å²) >= 11 is 7.14. The number of aryl methyl sites for hydroxylation is 1. The minimum atomic E-state index is -0.382. The number of halogens is 1. The van der Waals surface area contributed by atoms with Crippen molar-refractivity contribution >= 4 is 33.8 Å². The van der Waals surface area contributed by atoms with E-state index >= 15 is 0 Å². The summed E-state index contributed by atoms with van der Waals surface area (Å²) in [4.78, 5) is 13.3. The highest BCUT2D eigenvalue weighted by Crippen LogP contribution is 2.37. The van der Waals surface area contributed by atoms with Gasteiger partial charge in [0.1, 0.15) is 11.1 Å². The molecular formula is C14H11ClN2O2S. The summed E-state index contributed by atoms with van der Waals surface area (Å²) in [5.74, 6) is -0.239. The molecule has 0 bridgehead atoms. The Morgan fingerprint density at radius 3 is 2.90 bits per heavy atom. The quantitative estimate of drug-likeness (QED) is 0.912. The van der Waals surface area contributed by atoms with Crippen molar-refractivity contribution in [2.75, 3.05) is 5.32 Å². The number of carbonyl (C=O) groups excluding carboxylic acids is 1. The molecule has 0 saturated heterocycles. The Hall–Kier alpha value is -1.77. The Labute approximate surface area is 125 Å². The highest BCUT2D eigenvalue weighted by molar-refractivity contribution is 7.16. The Balaban J connectivity index is 1.89. The van der Waals surface area contributed by atoms with Crippen LogP contribution in [0.3, 0.4) is 0 Å². The molecule has 1 N–H and O–H groups in total. The van der Waals surface area contributed by atoms with Crippen LogP contribution in [-0.4, -0.2) is 5.91 Å². The van der Waals surface area contributed by atoms with Crippen molar-refractivity contribution in [1.29, 1.82) is 5.26 Å². The summed E-state index contributed by atoms with van der Waals surface area (Å²) in [6.45, 7) is 0. The van der Waals surface area contributed by atoms with Crippen molar-refractivity contribution < 1.29 is 9.21 Å². The fraction of sp³-hybridized carbons (Fsp3) is 0.286. The van der Waals surface area contributed by atoms with Crippen molar-refractivity contribution in [2.24, 2.45) is 0 Å². The van der Waals surface area contributed by atoms with Crippen LogP contribution >= 0.6 is 22.9 Å². The maximum Gasteiger partial charge on any atom is 0.292 e. The second-order valence-corrected chi connectivity index (χ2v) is 6.06. The molecule has 1 aliphatic carbocycles. The van der Waals surface area contributed by atoms with E-state index in [-0.39, 0.29) is 16.9 Å². The molecule has 0 fully saturated rings. The number of nitriles is 1. The lowest BCUT2D eigenvalue weighted by molar-refractivity contribution is 0.0997. The van der Waals surface area contributed by atoms with E-state index in [2.05, 4.69) is 11.4 Å². The van der Waals surface area contributed by atoms with Gasteiger partial charge in [-0.15, -0.1) is 11.3 Å². The first-order valence-corrected chi connectivity index (χ1v) is 7.50. The number of furan rings is 1. The zero-order valence-corrected chi connectivity index (χ0v) is 12.1. The molecule has 4 nitrogen and oxygen atoms in total. The number of nitrogens with one attached hydrogen (secondary N) is 1. The largest absolute Gasteiger partial charge is 0.440 e. The number of rotatable bonds is 2. The van der Waals surface area contributed by atoms with Crippen LogP contribution in [0.4, 0.5) is 5.00 Å². The van der Waals surface area contributed by atoms with Crippen LogP contribution in [0.25, 0.3) is 0 Å². The van der Waals surface area contributed by atoms with E-state index < -0.39 is 0 Å². The molecule has 2 heterocycles. The molecule has 0 aromatic carbocycles. The van der Waals surface area contributed by atoms with Gasteiger partial charge in [-0.2, -0.15) is 5.26 Å². The third kappa shape index (κ3) is 2.33. The van der Waals surface area contributed by atoms with E-state index in [1.54, 1.807) is 0 Å². The molecule has 1 aliphatic rings. The first-order chi connectivity index (χ1) is 9.69. The predicted octanol–water partition coefficient (Wildman–Crippen LogP) is 4.00. The van der Waals surface area contributed by atoms with Crippen molar-refractivity contribution in [2.45, 2.75) is 25.7 Å². The molecule has 1 amide bonds. The van der Waals surface area contributed by atoms with Gasteiger partial charge in [-0.25, -0.2) is 0 Å². The summed E-state index contributed by atoms with van der Waals surface area (Å²) in [5.41, 5.74) is 1.69. The van der Waals surface area contributed by atoms with Gasteiger partial charge in [0.2, 0.25) is 0 Å². The van der Waals surface area contributed by atoms with Crippen molar-refractivity contribution in [1.82, 2.24) is 0 Å². The van der Waals surface area contributed by atoms with Gasteiger partial charge in [0.25, 0.3) is 5.91 Å². The minimum Gasteiger partial charge on any atom is -0.440 e. The van der Waals surface area contributed by atoms with Crippen LogP contribution in [0.1, 0.15) is 39.4 Å². The van der Waals surface area contributed by atoms with Gasteiger partial charge in [0.15, 0.2) is 11.0 Å². The maximum atomic E-state index is 12.0. The number of thiophene rings is 1. The van der Waals surface area contributed by atoms with Crippen molar-refractivity contribution in [3.8, 4) is 6.07 Å². The summed E-state index contributed by atoms with van der Waals surface area (Å²) in [5, 5.41) is 12.8. The maximum absolute atomic E-state index is 12.0. The first-order valence-electron chi connectivity index (χ1n) is 6.30. The summed E-state index contributed by atoms with van der Waals surface area (Å²) in [7, 11) is 0. The van der Waals surface area contributed by atoms with Gasteiger partial charge in [-0.3, -0.25) is 4.79 Å². The molecule has 0 radical (unpaired) electrons. The van der Waals surface area contributed by atoms with Gasteiger partial charge in [0.05, 0.1) is 5.56 Å². The summed E-state index contributed by atoms with van der Waals surface area (Å²) in [6.07, 6.45) is 4.13. The lowest BCUT2D eigenvalue weighted by atomic mass is 9.96. The summed E-state index contributed by atoms with van der Waals surface area (Å²) in [6, 6.07) is 5.23. The molecular weight excluding hydrogens is 296 g/mol. The Morgan fingerprint density at radius 1 is 1.40 bits per heavy atom. The van der Waals surface area contributed by atoms with Gasteiger partial charge in [0, 0.05) is 4.88 Å². The SMILES string of the molecule is N#Cc1c(NC(=O)c2ccc(Cl)o2)sc2c1CCCC2. The smallest absolute Gasteiger partial charge is 0.292 e. The second-order valence-electron chi connectivity index (χ2n) is 4.58. The van der Waals surface area contributed by atoms with E-state index in [9.17, 15) is 10.1 Å². The molecule has 0 unspecified atom stereocenters. The van der Waals surface area contributed by atoms with Crippen LogP contribution in [0.15, 0.2) is 16.5 Å². The number of amides is 1. The van der Waals surface area contributed by atoms with E-state index in [0.29, 0.717) is 10.6 Å². The topological polar surface area (TPSA) is 66.0 Å². The Morgan fingerprint density at radius 2 is 2.20 bits per heavy atom. The average molecular weight is 307 g/mol. The average Bonchev–Trinajstić information content (AvgIpc) is 3.01. The zero-order chi connectivity index (χ0) is 14.1. The Kier molecular flexibility index (Phi) is 3.51. The lowest BCUT2D eigenvalue weighted by Gasteiger charge is -2.09. The Bertz CT molecular complexity index is 711. The third-order valence-corrected chi connectivity index (χ3v) is 4.72. The number of hydrogen-bond donors (Lipinski definition) is 1. The number of anilines is 1. The van der Waals surface area contributed by atoms with E-state index in [1.807, 2.05) is 0 Å². The van der Waals surface area contributed by atoms with Gasteiger partial charge >= 0.3 is 0 Å². The van der Waals surface area contributed by atoms with Gasteiger partial charge in [-0.1, -0.05) is 0 Å². The predicted molar refractivity (Wildman–Crippen MR) is 77.3 cm³/mol. The molecule has 3 rings (SSSR count). The van der Waals surface area contributed by atoms with Crippen molar-refractivity contribution in [3.63, 3.8) is 0 Å². The molecule has 2 aromatic heterocycles. The third-order valence-electron chi connectivity index (χ3n) is 3.31. The number of hydrogen-bond acceptors (Lipinski definition) is 4. The molecule has 0 saturated carbocycles. The first kappa shape index (κ1) is 13.2. The molecule has 0 spiro atoms. The van der Waals surface area contributed by atoms with Crippen molar-refractivity contribution in [3.05, 3.63) is 39.1 Å². The highest BCUT2D eigenvalue weighted by Gasteiger charge is 2.22. The molecule has 0 atom stereocenters. The number of nitrogens with zero attached hydrogens (tertiary/aromatic N) is 1. The lowest BCUT2D eigenvalue weighted by Crippen LogP contribution is -2.10. The standard InChI is InChI=1S/C14H11ClN2O2S/c15-12-6-5-10(19-12)13(18)17-14-9(7-16)8-3-1-2-4-11(8)20-14/h5-6H,1-4H2,(H,17,18). The molecule has 102 valence electrons.